The number of hydrogen-bond donors (Lipinski definition) is 1. The van der Waals surface area contributed by atoms with Gasteiger partial charge in [0, 0.05) is 23.7 Å². The molecule has 1 heterocycles. The Bertz CT molecular complexity index is 1120. The van der Waals surface area contributed by atoms with E-state index in [9.17, 15) is 0 Å². The summed E-state index contributed by atoms with van der Waals surface area (Å²) in [4.78, 5) is 5.80. The lowest BCUT2D eigenvalue weighted by Crippen LogP contribution is -2.35. The summed E-state index contributed by atoms with van der Waals surface area (Å²) in [6, 6.07) is 27.4. The van der Waals surface area contributed by atoms with Gasteiger partial charge in [0.1, 0.15) is 0 Å². The van der Waals surface area contributed by atoms with Crippen molar-refractivity contribution in [1.82, 2.24) is 9.88 Å². The summed E-state index contributed by atoms with van der Waals surface area (Å²) in [7, 11) is 4.41. The molecule has 1 aliphatic carbocycles. The van der Waals surface area contributed by atoms with Gasteiger partial charge >= 0.3 is 0 Å². The second kappa shape index (κ2) is 6.96. The molecule has 0 amide bonds. The van der Waals surface area contributed by atoms with E-state index in [1.807, 2.05) is 6.20 Å². The molecule has 28 heavy (non-hydrogen) atoms. The van der Waals surface area contributed by atoms with Crippen molar-refractivity contribution in [3.05, 3.63) is 95.7 Å². The molecule has 0 saturated carbocycles. The molecule has 0 radical (unpaired) electrons. The van der Waals surface area contributed by atoms with Crippen molar-refractivity contribution >= 4 is 10.9 Å². The predicted molar refractivity (Wildman–Crippen MR) is 118 cm³/mol. The van der Waals surface area contributed by atoms with Crippen molar-refractivity contribution < 1.29 is 0 Å². The van der Waals surface area contributed by atoms with E-state index in [1.54, 1.807) is 0 Å². The summed E-state index contributed by atoms with van der Waals surface area (Å²) in [5, 5.41) is 1.26. The molecule has 2 atom stereocenters. The lowest BCUT2D eigenvalue weighted by atomic mass is 9.76. The number of aromatic amines is 1. The minimum absolute atomic E-state index is 0.445. The van der Waals surface area contributed by atoms with Crippen LogP contribution in [0.3, 0.4) is 0 Å². The molecule has 2 unspecified atom stereocenters. The van der Waals surface area contributed by atoms with Crippen LogP contribution >= 0.6 is 0 Å². The lowest BCUT2D eigenvalue weighted by Gasteiger charge is -2.35. The van der Waals surface area contributed by atoms with E-state index in [0.717, 1.165) is 6.42 Å². The number of hydrogen-bond acceptors (Lipinski definition) is 1. The van der Waals surface area contributed by atoms with E-state index in [0.29, 0.717) is 12.0 Å². The van der Waals surface area contributed by atoms with Gasteiger partial charge in [-0.05, 0) is 60.6 Å². The Kier molecular flexibility index (Phi) is 4.29. The monoisotopic (exact) mass is 366 g/mol. The van der Waals surface area contributed by atoms with Crippen LogP contribution in [0, 0.1) is 0 Å². The van der Waals surface area contributed by atoms with E-state index in [1.165, 1.54) is 45.1 Å². The Morgan fingerprint density at radius 1 is 0.893 bits per heavy atom. The highest BCUT2D eigenvalue weighted by atomic mass is 15.1. The summed E-state index contributed by atoms with van der Waals surface area (Å²) in [5.74, 6) is 0.445. The topological polar surface area (TPSA) is 19.0 Å². The zero-order valence-corrected chi connectivity index (χ0v) is 16.5. The van der Waals surface area contributed by atoms with Crippen LogP contribution in [0.2, 0.25) is 0 Å². The van der Waals surface area contributed by atoms with Crippen LogP contribution in [0.4, 0.5) is 0 Å². The van der Waals surface area contributed by atoms with Gasteiger partial charge in [-0.15, -0.1) is 0 Å². The van der Waals surface area contributed by atoms with E-state index >= 15 is 0 Å². The molecule has 0 bridgehead atoms. The third-order valence-electron chi connectivity index (χ3n) is 6.31. The number of para-hydroxylation sites is 1. The van der Waals surface area contributed by atoms with Gasteiger partial charge in [-0.2, -0.15) is 0 Å². The third-order valence-corrected chi connectivity index (χ3v) is 6.31. The van der Waals surface area contributed by atoms with Crippen LogP contribution in [0.1, 0.15) is 29.0 Å². The lowest BCUT2D eigenvalue weighted by molar-refractivity contribution is 0.258. The standard InChI is InChI=1S/C26H26N2/c1-28(2)22-16-21-7-3-4-11-23(21)25(17-22)20-10-5-9-19(15-20)24-12-6-8-18-13-14-27-26(18)24/h3-15,22,25,27H,16-17H2,1-2H3. The Labute approximate surface area is 166 Å². The number of nitrogens with one attached hydrogen (secondary N) is 1. The summed E-state index contributed by atoms with van der Waals surface area (Å²) in [6.07, 6.45) is 4.33. The first-order chi connectivity index (χ1) is 13.7. The van der Waals surface area contributed by atoms with Gasteiger partial charge in [0.05, 0.1) is 5.52 Å². The van der Waals surface area contributed by atoms with Gasteiger partial charge in [-0.25, -0.2) is 0 Å². The SMILES string of the molecule is CN(C)C1Cc2ccccc2C(c2cccc(-c3cccc4cc[nH]c34)c2)C1. The number of likely N-dealkylation sites (N-methyl/N-ethyl adjacent to an activating group) is 1. The number of nitrogens with zero attached hydrogens (tertiary/aromatic N) is 1. The predicted octanol–water partition coefficient (Wildman–Crippen LogP) is 5.84. The van der Waals surface area contributed by atoms with Gasteiger partial charge in [0.2, 0.25) is 0 Å². The fourth-order valence-electron chi connectivity index (χ4n) is 4.75. The number of benzene rings is 3. The number of aromatic nitrogens is 1. The smallest absolute Gasteiger partial charge is 0.0533 e. The maximum Gasteiger partial charge on any atom is 0.0533 e. The fourth-order valence-corrected chi connectivity index (χ4v) is 4.75. The minimum atomic E-state index is 0.445. The van der Waals surface area contributed by atoms with Crippen LogP contribution in [0.25, 0.3) is 22.0 Å². The first-order valence-corrected chi connectivity index (χ1v) is 10.1. The van der Waals surface area contributed by atoms with Gasteiger partial charge in [0.15, 0.2) is 0 Å². The Morgan fingerprint density at radius 2 is 1.75 bits per heavy atom. The molecule has 5 rings (SSSR count). The van der Waals surface area contributed by atoms with E-state index in [-0.39, 0.29) is 0 Å². The molecule has 0 spiro atoms. The van der Waals surface area contributed by atoms with E-state index < -0.39 is 0 Å². The Morgan fingerprint density at radius 3 is 2.64 bits per heavy atom. The number of rotatable bonds is 3. The van der Waals surface area contributed by atoms with E-state index in [4.69, 9.17) is 0 Å². The van der Waals surface area contributed by atoms with Crippen LogP contribution < -0.4 is 0 Å². The van der Waals surface area contributed by atoms with Crippen LogP contribution in [-0.4, -0.2) is 30.0 Å². The minimum Gasteiger partial charge on any atom is -0.361 e. The first kappa shape index (κ1) is 17.3. The highest BCUT2D eigenvalue weighted by molar-refractivity contribution is 5.94. The molecule has 3 aromatic carbocycles. The van der Waals surface area contributed by atoms with Crippen molar-refractivity contribution in [2.75, 3.05) is 14.1 Å². The van der Waals surface area contributed by atoms with Crippen molar-refractivity contribution in [3.8, 4) is 11.1 Å². The molecule has 0 aliphatic heterocycles. The van der Waals surface area contributed by atoms with Crippen molar-refractivity contribution in [2.24, 2.45) is 0 Å². The normalized spacial score (nSPS) is 19.1. The highest BCUT2D eigenvalue weighted by Crippen LogP contribution is 2.39. The first-order valence-electron chi connectivity index (χ1n) is 10.1. The van der Waals surface area contributed by atoms with Gasteiger partial charge in [-0.1, -0.05) is 66.7 Å². The summed E-state index contributed by atoms with van der Waals surface area (Å²) < 4.78 is 0. The molecule has 1 N–H and O–H groups in total. The average molecular weight is 367 g/mol. The zero-order valence-electron chi connectivity index (χ0n) is 16.5. The van der Waals surface area contributed by atoms with Gasteiger partial charge < -0.3 is 9.88 Å². The summed E-state index contributed by atoms with van der Waals surface area (Å²) in [5.41, 5.74) is 8.19. The molecule has 1 aliphatic rings. The van der Waals surface area contributed by atoms with Crippen LogP contribution in [-0.2, 0) is 6.42 Å². The largest absolute Gasteiger partial charge is 0.361 e. The number of H-pyrrole nitrogens is 1. The maximum atomic E-state index is 3.42. The van der Waals surface area contributed by atoms with Gasteiger partial charge in [-0.3, -0.25) is 0 Å². The van der Waals surface area contributed by atoms with Crippen LogP contribution in [0.5, 0.6) is 0 Å². The van der Waals surface area contributed by atoms with Crippen molar-refractivity contribution in [3.63, 3.8) is 0 Å². The maximum absolute atomic E-state index is 3.42. The average Bonchev–Trinajstić information content (AvgIpc) is 3.22. The molecule has 0 fully saturated rings. The Balaban J connectivity index is 1.61. The molecule has 2 heteroatoms. The molecule has 140 valence electrons. The summed E-state index contributed by atoms with van der Waals surface area (Å²) in [6.45, 7) is 0. The molecule has 4 aromatic rings. The van der Waals surface area contributed by atoms with Crippen molar-refractivity contribution in [2.45, 2.75) is 24.8 Å². The van der Waals surface area contributed by atoms with Crippen molar-refractivity contribution in [1.29, 1.82) is 0 Å². The molecular formula is C26H26N2. The second-order valence-electron chi connectivity index (χ2n) is 8.18. The number of fused-ring (bicyclic) bond motifs is 2. The summed E-state index contributed by atoms with van der Waals surface area (Å²) >= 11 is 0. The van der Waals surface area contributed by atoms with Crippen LogP contribution in [0.15, 0.2) is 79.0 Å². The molecule has 0 saturated heterocycles. The fraction of sp³-hybridized carbons (Fsp3) is 0.231. The molecular weight excluding hydrogens is 340 g/mol. The quantitative estimate of drug-likeness (QED) is 0.482. The van der Waals surface area contributed by atoms with E-state index in [2.05, 4.69) is 96.8 Å². The molecule has 2 nitrogen and oxygen atoms in total. The highest BCUT2D eigenvalue weighted by Gasteiger charge is 2.29. The Hall–Kier alpha value is -2.84. The zero-order chi connectivity index (χ0) is 19.1. The second-order valence-corrected chi connectivity index (χ2v) is 8.18. The molecule has 1 aromatic heterocycles. The third kappa shape index (κ3) is 2.94. The van der Waals surface area contributed by atoms with Gasteiger partial charge in [0.25, 0.3) is 0 Å².